The van der Waals surface area contributed by atoms with Crippen LogP contribution in [0.1, 0.15) is 16.9 Å². The summed E-state index contributed by atoms with van der Waals surface area (Å²) in [7, 11) is 0. The Hall–Kier alpha value is -1.66. The van der Waals surface area contributed by atoms with Crippen molar-refractivity contribution in [1.82, 2.24) is 15.2 Å². The maximum Gasteiger partial charge on any atom is 0.274 e. The Labute approximate surface area is 98.6 Å². The number of aliphatic hydroxyl groups excluding tert-OH is 1. The second kappa shape index (κ2) is 5.11. The molecule has 1 saturated heterocycles. The van der Waals surface area contributed by atoms with Crippen molar-refractivity contribution in [3.63, 3.8) is 0 Å². The second-order valence-electron chi connectivity index (χ2n) is 4.14. The number of hydrogen-bond donors (Lipinski definition) is 3. The molecule has 6 heteroatoms. The molecule has 6 nitrogen and oxygen atoms in total. The molecule has 0 bridgehead atoms. The summed E-state index contributed by atoms with van der Waals surface area (Å²) in [6.07, 6.45) is 1.94. The zero-order valence-corrected chi connectivity index (χ0v) is 9.35. The van der Waals surface area contributed by atoms with Crippen LogP contribution in [0, 0.1) is 0 Å². The van der Waals surface area contributed by atoms with Gasteiger partial charge >= 0.3 is 0 Å². The summed E-state index contributed by atoms with van der Waals surface area (Å²) in [5, 5.41) is 11.6. The predicted octanol–water partition coefficient (Wildman–Crippen LogP) is -0.662. The van der Waals surface area contributed by atoms with Gasteiger partial charge < -0.3 is 10.1 Å². The third-order valence-electron chi connectivity index (χ3n) is 2.71. The molecule has 1 fully saturated rings. The minimum absolute atomic E-state index is 0.142. The maximum absolute atomic E-state index is 11.5. The Morgan fingerprint density at radius 3 is 3.00 bits per heavy atom. The fraction of sp³-hybridized carbons (Fsp3) is 0.455. The highest BCUT2D eigenvalue weighted by atomic mass is 16.3. The van der Waals surface area contributed by atoms with Gasteiger partial charge in [-0.05, 0) is 18.6 Å². The molecule has 2 rings (SSSR count). The Kier molecular flexibility index (Phi) is 3.55. The highest BCUT2D eigenvalue weighted by Crippen LogP contribution is 2.07. The molecule has 1 aliphatic heterocycles. The summed E-state index contributed by atoms with van der Waals surface area (Å²) in [5.41, 5.74) is 0.361. The number of H-pyrrole nitrogens is 1. The second-order valence-corrected chi connectivity index (χ2v) is 4.14. The SMILES string of the molecule is O=C(CN1CC[C@H](O)C1)NC(=O)c1ccc[nH]1. The number of nitrogens with zero attached hydrogens (tertiary/aromatic N) is 1. The molecule has 0 saturated carbocycles. The summed E-state index contributed by atoms with van der Waals surface area (Å²) in [6.45, 7) is 1.32. The molecule has 0 spiro atoms. The van der Waals surface area contributed by atoms with Gasteiger partial charge in [-0.2, -0.15) is 0 Å². The average Bonchev–Trinajstić information content (AvgIpc) is 2.89. The monoisotopic (exact) mass is 237 g/mol. The number of imide groups is 1. The van der Waals surface area contributed by atoms with Crippen molar-refractivity contribution < 1.29 is 14.7 Å². The van der Waals surface area contributed by atoms with E-state index in [-0.39, 0.29) is 18.6 Å². The third kappa shape index (κ3) is 3.15. The van der Waals surface area contributed by atoms with E-state index in [0.717, 1.165) is 0 Å². The van der Waals surface area contributed by atoms with E-state index in [2.05, 4.69) is 10.3 Å². The number of aromatic nitrogens is 1. The van der Waals surface area contributed by atoms with Gasteiger partial charge in [-0.15, -0.1) is 0 Å². The standard InChI is InChI=1S/C11H15N3O3/c15-8-3-5-14(6-8)7-10(16)13-11(17)9-2-1-4-12-9/h1-2,4,8,12,15H,3,5-7H2,(H,13,16,17)/t8-/m0/s1. The van der Waals surface area contributed by atoms with Gasteiger partial charge in [0, 0.05) is 19.3 Å². The summed E-state index contributed by atoms with van der Waals surface area (Å²) >= 11 is 0. The van der Waals surface area contributed by atoms with E-state index < -0.39 is 5.91 Å². The molecule has 2 heterocycles. The number of carbonyl (C=O) groups excluding carboxylic acids is 2. The lowest BCUT2D eigenvalue weighted by Gasteiger charge is -2.13. The molecule has 3 N–H and O–H groups in total. The van der Waals surface area contributed by atoms with E-state index in [1.165, 1.54) is 0 Å². The zero-order chi connectivity index (χ0) is 12.3. The fourth-order valence-corrected chi connectivity index (χ4v) is 1.86. The van der Waals surface area contributed by atoms with Gasteiger partial charge in [-0.3, -0.25) is 19.8 Å². The van der Waals surface area contributed by atoms with E-state index in [1.54, 1.807) is 18.3 Å². The number of aromatic amines is 1. The third-order valence-corrected chi connectivity index (χ3v) is 2.71. The average molecular weight is 237 g/mol. The maximum atomic E-state index is 11.5. The highest BCUT2D eigenvalue weighted by molar-refractivity contribution is 6.04. The quantitative estimate of drug-likeness (QED) is 0.651. The zero-order valence-electron chi connectivity index (χ0n) is 9.35. The summed E-state index contributed by atoms with van der Waals surface area (Å²) in [6, 6.07) is 3.29. The lowest BCUT2D eigenvalue weighted by Crippen LogP contribution is -2.39. The van der Waals surface area contributed by atoms with E-state index >= 15 is 0 Å². The summed E-state index contributed by atoms with van der Waals surface area (Å²) in [4.78, 5) is 27.6. The molecular weight excluding hydrogens is 222 g/mol. The number of likely N-dealkylation sites (tertiary alicyclic amines) is 1. The number of aliphatic hydroxyl groups is 1. The van der Waals surface area contributed by atoms with Gasteiger partial charge in [0.25, 0.3) is 5.91 Å². The summed E-state index contributed by atoms with van der Waals surface area (Å²) < 4.78 is 0. The topological polar surface area (TPSA) is 85.4 Å². The van der Waals surface area contributed by atoms with Gasteiger partial charge in [0.1, 0.15) is 5.69 Å². The van der Waals surface area contributed by atoms with Crippen LogP contribution in [0.25, 0.3) is 0 Å². The van der Waals surface area contributed by atoms with Crippen LogP contribution in [0.5, 0.6) is 0 Å². The van der Waals surface area contributed by atoms with Gasteiger partial charge in [-0.25, -0.2) is 0 Å². The van der Waals surface area contributed by atoms with Gasteiger partial charge in [-0.1, -0.05) is 0 Å². The van der Waals surface area contributed by atoms with Crippen LogP contribution in [-0.4, -0.2) is 52.5 Å². The van der Waals surface area contributed by atoms with Crippen molar-refractivity contribution in [3.05, 3.63) is 24.0 Å². The van der Waals surface area contributed by atoms with Crippen molar-refractivity contribution in [2.75, 3.05) is 19.6 Å². The molecule has 2 amide bonds. The van der Waals surface area contributed by atoms with E-state index in [9.17, 15) is 14.7 Å². The van der Waals surface area contributed by atoms with Gasteiger partial charge in [0.2, 0.25) is 5.91 Å². The number of nitrogens with one attached hydrogen (secondary N) is 2. The van der Waals surface area contributed by atoms with Crippen LogP contribution in [-0.2, 0) is 4.79 Å². The normalized spacial score (nSPS) is 20.4. The molecule has 1 aliphatic rings. The predicted molar refractivity (Wildman–Crippen MR) is 60.3 cm³/mol. The Morgan fingerprint density at radius 2 is 2.41 bits per heavy atom. The minimum atomic E-state index is -0.431. The Bertz CT molecular complexity index is 402. The van der Waals surface area contributed by atoms with Gasteiger partial charge in [0.05, 0.1) is 12.6 Å². The van der Waals surface area contributed by atoms with Crippen LogP contribution >= 0.6 is 0 Å². The largest absolute Gasteiger partial charge is 0.392 e. The van der Waals surface area contributed by atoms with E-state index in [1.807, 2.05) is 4.90 Å². The molecule has 0 radical (unpaired) electrons. The van der Waals surface area contributed by atoms with E-state index in [0.29, 0.717) is 25.2 Å². The Morgan fingerprint density at radius 1 is 1.59 bits per heavy atom. The summed E-state index contributed by atoms with van der Waals surface area (Å²) in [5.74, 6) is -0.779. The molecule has 92 valence electrons. The van der Waals surface area contributed by atoms with Crippen LogP contribution in [0.3, 0.4) is 0 Å². The van der Waals surface area contributed by atoms with Crippen LogP contribution in [0.15, 0.2) is 18.3 Å². The van der Waals surface area contributed by atoms with Crippen LogP contribution < -0.4 is 5.32 Å². The molecule has 0 unspecified atom stereocenters. The lowest BCUT2D eigenvalue weighted by molar-refractivity contribution is -0.121. The first kappa shape index (κ1) is 11.8. The number of amides is 2. The number of carbonyl (C=O) groups is 2. The van der Waals surface area contributed by atoms with Crippen molar-refractivity contribution in [2.24, 2.45) is 0 Å². The number of rotatable bonds is 3. The lowest BCUT2D eigenvalue weighted by atomic mass is 10.3. The molecular formula is C11H15N3O3. The fourth-order valence-electron chi connectivity index (χ4n) is 1.86. The van der Waals surface area contributed by atoms with Crippen LogP contribution in [0.2, 0.25) is 0 Å². The number of β-amino-alcohol motifs (C(OH)–C–C–N with tert-alkyl or cyclic N) is 1. The first-order valence-corrected chi connectivity index (χ1v) is 5.53. The minimum Gasteiger partial charge on any atom is -0.392 e. The molecule has 0 aromatic carbocycles. The van der Waals surface area contributed by atoms with Crippen LogP contribution in [0.4, 0.5) is 0 Å². The molecule has 1 atom stereocenters. The Balaban J connectivity index is 1.79. The van der Waals surface area contributed by atoms with Crippen molar-refractivity contribution in [3.8, 4) is 0 Å². The molecule has 1 aromatic heterocycles. The molecule has 17 heavy (non-hydrogen) atoms. The van der Waals surface area contributed by atoms with Gasteiger partial charge in [0.15, 0.2) is 0 Å². The van der Waals surface area contributed by atoms with E-state index in [4.69, 9.17) is 0 Å². The molecule has 0 aliphatic carbocycles. The molecule has 1 aromatic rings. The number of hydrogen-bond acceptors (Lipinski definition) is 4. The van der Waals surface area contributed by atoms with Crippen molar-refractivity contribution in [2.45, 2.75) is 12.5 Å². The van der Waals surface area contributed by atoms with Crippen molar-refractivity contribution in [1.29, 1.82) is 0 Å². The first-order valence-electron chi connectivity index (χ1n) is 5.53. The van der Waals surface area contributed by atoms with Crippen molar-refractivity contribution >= 4 is 11.8 Å². The first-order chi connectivity index (χ1) is 8.15. The highest BCUT2D eigenvalue weighted by Gasteiger charge is 2.22. The smallest absolute Gasteiger partial charge is 0.274 e.